The van der Waals surface area contributed by atoms with Crippen LogP contribution in [0.15, 0.2) is 36.1 Å². The van der Waals surface area contributed by atoms with Crippen LogP contribution < -0.4 is 20.7 Å². The SMILES string of the molecule is CC(=O)O[C@@H]1[C@H](C)[C@@H](CO)C=CO[C@@]2(C)Oc3c(C)c(O)c4c(O)c(c5c(c4c3C2=O)NC2(CCN(CC(C)C)CC2)N5)NC(=O)C(C)=C/C=C\[C@H](C)[C@H](O)[C@@H](C)C(O)[C@H]1C. The summed E-state index contributed by atoms with van der Waals surface area (Å²) in [6.07, 6.45) is 5.91. The van der Waals surface area contributed by atoms with Crippen molar-refractivity contribution in [2.24, 2.45) is 35.5 Å². The van der Waals surface area contributed by atoms with Gasteiger partial charge in [-0.25, -0.2) is 0 Å². The third-order valence-electron chi connectivity index (χ3n) is 13.2. The van der Waals surface area contributed by atoms with E-state index in [0.29, 0.717) is 30.1 Å². The molecule has 4 aliphatic rings. The molecular formula is C46H64N4O11. The van der Waals surface area contributed by atoms with E-state index in [2.05, 4.69) is 34.7 Å². The van der Waals surface area contributed by atoms with Gasteiger partial charge in [-0.3, -0.25) is 14.4 Å². The number of carbonyl (C=O) groups is 3. The van der Waals surface area contributed by atoms with Crippen molar-refractivity contribution in [3.05, 3.63) is 47.3 Å². The number of fused-ring (bicyclic) bond motifs is 1. The zero-order valence-corrected chi connectivity index (χ0v) is 37.0. The molecule has 0 radical (unpaired) electrons. The summed E-state index contributed by atoms with van der Waals surface area (Å²) in [6, 6.07) is 0. The lowest BCUT2D eigenvalue weighted by molar-refractivity contribution is -0.159. The highest BCUT2D eigenvalue weighted by atomic mass is 16.7. The van der Waals surface area contributed by atoms with E-state index in [4.69, 9.17) is 14.2 Å². The highest BCUT2D eigenvalue weighted by Crippen LogP contribution is 2.59. The standard InChI is InChI=1S/C46H64N4O11/c1-22(2)20-50-17-15-46(16-18-50)48-34-31-32-39(55)28(8)42-33(31)43(57)45(10,61-42)59-19-14-30(21-51)25(5)41(60-29(9)52)27(7)38(54)26(6)37(53)23(3)12-11-13-24(4)44(58)47-36(40(32)56)35(34)49-46/h11-14,19,22-23,25-27,30,37-38,41,48-49,51,53-56H,15-18,20-21H2,1-10H3,(H,47,58)/b12-11-,19-14?,24-13?/t23-,25+,26+,27+,30+,37-,38?,41+,45-/m0/s1. The van der Waals surface area contributed by atoms with Crippen molar-refractivity contribution in [1.29, 1.82) is 0 Å². The normalized spacial score (nSPS) is 31.3. The number of allylic oxidation sites excluding steroid dienone is 2. The number of aromatic hydroxyl groups is 2. The molecule has 1 unspecified atom stereocenters. The number of rotatable bonds is 4. The summed E-state index contributed by atoms with van der Waals surface area (Å²) in [6.45, 7) is 19.2. The Morgan fingerprint density at radius 3 is 2.21 bits per heavy atom. The maximum Gasteiger partial charge on any atom is 0.312 e. The molecule has 4 bridgehead atoms. The minimum absolute atomic E-state index is 0.0209. The lowest BCUT2D eigenvalue weighted by Gasteiger charge is -2.40. The number of nitrogens with one attached hydrogen (secondary N) is 3. The monoisotopic (exact) mass is 848 g/mol. The number of aliphatic hydroxyl groups excluding tert-OH is 3. The van der Waals surface area contributed by atoms with Gasteiger partial charge in [-0.2, -0.15) is 0 Å². The number of ketones is 1. The van der Waals surface area contributed by atoms with Crippen LogP contribution in [0.4, 0.5) is 17.1 Å². The second-order valence-electron chi connectivity index (χ2n) is 18.3. The Morgan fingerprint density at radius 2 is 1.59 bits per heavy atom. The van der Waals surface area contributed by atoms with Gasteiger partial charge in [0.25, 0.3) is 11.7 Å². The van der Waals surface area contributed by atoms with Crippen LogP contribution in [0.3, 0.4) is 0 Å². The number of carbonyl (C=O) groups excluding carboxylic acids is 3. The molecule has 15 nitrogen and oxygen atoms in total. The zero-order chi connectivity index (χ0) is 44.9. The van der Waals surface area contributed by atoms with E-state index in [0.717, 1.165) is 19.6 Å². The predicted molar refractivity (Wildman–Crippen MR) is 232 cm³/mol. The molecule has 0 aliphatic carbocycles. The number of hydrogen-bond acceptors (Lipinski definition) is 14. The highest BCUT2D eigenvalue weighted by Gasteiger charge is 2.51. The maximum atomic E-state index is 14.7. The van der Waals surface area contributed by atoms with Crippen LogP contribution in [-0.4, -0.2) is 104 Å². The smallest absolute Gasteiger partial charge is 0.312 e. The number of esters is 1. The van der Waals surface area contributed by atoms with Crippen LogP contribution in [0, 0.1) is 42.4 Å². The van der Waals surface area contributed by atoms with Crippen LogP contribution in [0.2, 0.25) is 0 Å². The molecule has 61 heavy (non-hydrogen) atoms. The Kier molecular flexibility index (Phi) is 13.1. The number of piperidine rings is 1. The lowest BCUT2D eigenvalue weighted by Crippen LogP contribution is -2.52. The van der Waals surface area contributed by atoms with E-state index in [1.54, 1.807) is 59.8 Å². The van der Waals surface area contributed by atoms with Gasteiger partial charge in [-0.1, -0.05) is 59.8 Å². The molecule has 2 aromatic rings. The second kappa shape index (κ2) is 17.5. The lowest BCUT2D eigenvalue weighted by atomic mass is 9.76. The molecule has 1 amide bonds. The van der Waals surface area contributed by atoms with Gasteiger partial charge in [0.1, 0.15) is 29.0 Å². The summed E-state index contributed by atoms with van der Waals surface area (Å²) in [5.74, 6) is -7.10. The van der Waals surface area contributed by atoms with Crippen molar-refractivity contribution in [3.8, 4) is 17.2 Å². The molecule has 4 aliphatic heterocycles. The largest absolute Gasteiger partial charge is 0.507 e. The third-order valence-corrected chi connectivity index (χ3v) is 13.2. The molecule has 9 atom stereocenters. The van der Waals surface area contributed by atoms with Crippen LogP contribution in [0.25, 0.3) is 10.8 Å². The molecule has 6 rings (SSSR count). The van der Waals surface area contributed by atoms with E-state index in [-0.39, 0.29) is 44.7 Å². The summed E-state index contributed by atoms with van der Waals surface area (Å²) >= 11 is 0. The van der Waals surface area contributed by atoms with E-state index in [9.17, 15) is 39.9 Å². The van der Waals surface area contributed by atoms with Crippen molar-refractivity contribution in [1.82, 2.24) is 4.90 Å². The first kappa shape index (κ1) is 45.7. The number of phenols is 2. The average molecular weight is 849 g/mol. The number of aliphatic hydroxyl groups is 3. The molecule has 1 saturated heterocycles. The van der Waals surface area contributed by atoms with Gasteiger partial charge in [0.15, 0.2) is 5.75 Å². The Labute approximate surface area is 357 Å². The van der Waals surface area contributed by atoms with E-state index < -0.39 is 89.4 Å². The average Bonchev–Trinajstić information content (AvgIpc) is 3.71. The minimum atomic E-state index is -1.96. The third kappa shape index (κ3) is 8.54. The van der Waals surface area contributed by atoms with Gasteiger partial charge < -0.3 is 60.6 Å². The van der Waals surface area contributed by atoms with Crippen LogP contribution >= 0.6 is 0 Å². The molecule has 334 valence electrons. The number of benzene rings is 2. The predicted octanol–water partition coefficient (Wildman–Crippen LogP) is 5.93. The van der Waals surface area contributed by atoms with Gasteiger partial charge in [-0.05, 0) is 25.8 Å². The number of nitrogens with zero attached hydrogens (tertiary/aromatic N) is 1. The molecular weight excluding hydrogens is 785 g/mol. The fourth-order valence-corrected chi connectivity index (χ4v) is 9.40. The van der Waals surface area contributed by atoms with Gasteiger partial charge >= 0.3 is 11.8 Å². The van der Waals surface area contributed by atoms with Crippen LogP contribution in [-0.2, 0) is 19.1 Å². The van der Waals surface area contributed by atoms with Crippen LogP contribution in [0.5, 0.6) is 17.2 Å². The Bertz CT molecular complexity index is 2140. The zero-order valence-electron chi connectivity index (χ0n) is 37.0. The van der Waals surface area contributed by atoms with Crippen molar-refractivity contribution < 1.29 is 54.1 Å². The first-order chi connectivity index (χ1) is 28.6. The molecule has 1 spiro atoms. The Hall–Kier alpha value is -4.83. The summed E-state index contributed by atoms with van der Waals surface area (Å²) < 4.78 is 18.1. The van der Waals surface area contributed by atoms with Gasteiger partial charge in [0, 0.05) is 99.0 Å². The molecule has 15 heteroatoms. The number of amides is 1. The first-order valence-electron chi connectivity index (χ1n) is 21.4. The number of ether oxygens (including phenoxy) is 3. The minimum Gasteiger partial charge on any atom is -0.507 e. The molecule has 1 fully saturated rings. The maximum absolute atomic E-state index is 14.7. The van der Waals surface area contributed by atoms with Gasteiger partial charge in [0.05, 0.1) is 40.8 Å². The van der Waals surface area contributed by atoms with Crippen LogP contribution in [0.1, 0.15) is 91.1 Å². The van der Waals surface area contributed by atoms with Gasteiger partial charge in [-0.15, -0.1) is 0 Å². The summed E-state index contributed by atoms with van der Waals surface area (Å²) in [5.41, 5.74) is 0.553. The highest BCUT2D eigenvalue weighted by molar-refractivity contribution is 6.26. The van der Waals surface area contributed by atoms with Crippen molar-refractivity contribution in [2.75, 3.05) is 42.2 Å². The van der Waals surface area contributed by atoms with Crippen molar-refractivity contribution in [3.63, 3.8) is 0 Å². The molecule has 8 N–H and O–H groups in total. The van der Waals surface area contributed by atoms with E-state index >= 15 is 0 Å². The molecule has 4 heterocycles. The molecule has 0 saturated carbocycles. The number of likely N-dealkylation sites (tertiary alicyclic amines) is 1. The topological polar surface area (TPSA) is 219 Å². The van der Waals surface area contributed by atoms with E-state index in [1.807, 2.05) is 0 Å². The Morgan fingerprint density at radius 1 is 0.934 bits per heavy atom. The number of anilines is 3. The van der Waals surface area contributed by atoms with Gasteiger partial charge in [0.2, 0.25) is 0 Å². The second-order valence-corrected chi connectivity index (χ2v) is 18.3. The molecule has 0 aromatic heterocycles. The fourth-order valence-electron chi connectivity index (χ4n) is 9.40. The van der Waals surface area contributed by atoms with Crippen molar-refractivity contribution in [2.45, 2.75) is 112 Å². The number of hydrogen-bond donors (Lipinski definition) is 8. The summed E-state index contributed by atoms with van der Waals surface area (Å²) in [4.78, 5) is 43.4. The fraction of sp³-hybridized carbons (Fsp3) is 0.587. The first-order valence-corrected chi connectivity index (χ1v) is 21.4. The Balaban J connectivity index is 1.51. The number of phenolic OH excluding ortho intramolecular Hbond substituents is 2. The summed E-state index contributed by atoms with van der Waals surface area (Å²) in [7, 11) is 0. The quantitative estimate of drug-likeness (QED) is 0.102. The van der Waals surface area contributed by atoms with Crippen molar-refractivity contribution >= 4 is 45.5 Å². The number of Topliss-reactive ketones (excluding diaryl/α,β-unsaturated/α-hetero) is 1. The van der Waals surface area contributed by atoms with E-state index in [1.165, 1.54) is 26.2 Å². The molecule has 2 aromatic carbocycles. The summed E-state index contributed by atoms with van der Waals surface area (Å²) in [5, 5.41) is 67.7.